The van der Waals surface area contributed by atoms with Crippen molar-refractivity contribution in [1.82, 2.24) is 25.1 Å². The van der Waals surface area contributed by atoms with E-state index < -0.39 is 0 Å². The highest BCUT2D eigenvalue weighted by Gasteiger charge is 2.31. The molecule has 0 unspecified atom stereocenters. The van der Waals surface area contributed by atoms with Gasteiger partial charge in [-0.2, -0.15) is 5.10 Å². The number of hydrogen-bond acceptors (Lipinski definition) is 5. The van der Waals surface area contributed by atoms with E-state index in [0.29, 0.717) is 12.2 Å². The van der Waals surface area contributed by atoms with Gasteiger partial charge in [0.2, 0.25) is 0 Å². The van der Waals surface area contributed by atoms with Gasteiger partial charge in [-0.25, -0.2) is 9.97 Å². The van der Waals surface area contributed by atoms with Crippen LogP contribution in [0, 0.1) is 6.92 Å². The number of carbonyl (C=O) groups excluding carboxylic acids is 1. The van der Waals surface area contributed by atoms with E-state index in [4.69, 9.17) is 9.97 Å². The third-order valence-electron chi connectivity index (χ3n) is 7.07. The molecule has 0 saturated carbocycles. The molecule has 1 saturated heterocycles. The lowest BCUT2D eigenvalue weighted by molar-refractivity contribution is 0.0697. The van der Waals surface area contributed by atoms with Crippen LogP contribution in [0.4, 0.5) is 5.82 Å². The molecule has 160 valence electrons. The molecule has 2 aliphatic heterocycles. The largest absolute Gasteiger partial charge is 0.359 e. The number of fused-ring (bicyclic) bond motifs is 2. The first-order chi connectivity index (χ1) is 14.6. The van der Waals surface area contributed by atoms with Crippen molar-refractivity contribution >= 4 is 11.7 Å². The molecule has 1 aliphatic carbocycles. The number of aromatic nitrogens is 4. The Labute approximate surface area is 178 Å². The van der Waals surface area contributed by atoms with Gasteiger partial charge in [-0.3, -0.25) is 9.89 Å². The highest BCUT2D eigenvalue weighted by atomic mass is 16.2. The molecule has 5 rings (SSSR count). The van der Waals surface area contributed by atoms with Gasteiger partial charge in [-0.1, -0.05) is 6.42 Å². The molecule has 2 aromatic heterocycles. The Bertz CT molecular complexity index is 951. The van der Waals surface area contributed by atoms with Crippen molar-refractivity contribution in [2.45, 2.75) is 70.6 Å². The summed E-state index contributed by atoms with van der Waals surface area (Å²) in [7, 11) is 2.12. The third kappa shape index (κ3) is 3.48. The highest BCUT2D eigenvalue weighted by molar-refractivity contribution is 5.94. The number of aromatic amines is 1. The predicted octanol–water partition coefficient (Wildman–Crippen LogP) is 3.18. The van der Waals surface area contributed by atoms with Crippen LogP contribution in [-0.2, 0) is 19.3 Å². The number of H-pyrrole nitrogens is 1. The Morgan fingerprint density at radius 1 is 1.00 bits per heavy atom. The van der Waals surface area contributed by atoms with Crippen LogP contribution in [0.1, 0.15) is 83.3 Å². The number of aryl methyl sites for hydroxylation is 2. The van der Waals surface area contributed by atoms with Crippen molar-refractivity contribution in [1.29, 1.82) is 0 Å². The number of likely N-dealkylation sites (tertiary alicyclic amines) is 1. The Morgan fingerprint density at radius 2 is 1.83 bits per heavy atom. The molecular formula is C23H32N6O. The fourth-order valence-electron chi connectivity index (χ4n) is 5.35. The van der Waals surface area contributed by atoms with Gasteiger partial charge in [0.25, 0.3) is 5.91 Å². The molecule has 30 heavy (non-hydrogen) atoms. The molecule has 0 spiro atoms. The standard InChI is InChI=1S/C23H32N6O/c1-15-17-10-7-12-28(2)22(17)25-21(24-15)16-8-6-13-29(14-16)23(30)20-18-9-4-3-5-11-19(18)26-27-20/h16H,3-14H2,1-2H3,(H,26,27)/t16-/m0/s1. The van der Waals surface area contributed by atoms with Crippen LogP contribution in [0.2, 0.25) is 0 Å². The SMILES string of the molecule is Cc1nc([C@H]2CCCN(C(=O)c3n[nH]c4c3CCCCC4)C2)nc2c1CCCN2C. The van der Waals surface area contributed by atoms with Gasteiger partial charge in [0.1, 0.15) is 11.6 Å². The Hall–Kier alpha value is -2.44. The maximum Gasteiger partial charge on any atom is 0.274 e. The van der Waals surface area contributed by atoms with Gasteiger partial charge in [0, 0.05) is 55.1 Å². The number of hydrogen-bond donors (Lipinski definition) is 1. The maximum atomic E-state index is 13.4. The molecule has 4 heterocycles. The molecule has 0 bridgehead atoms. The summed E-state index contributed by atoms with van der Waals surface area (Å²) in [5.74, 6) is 2.26. The molecule has 0 aromatic carbocycles. The lowest BCUT2D eigenvalue weighted by atomic mass is 9.95. The van der Waals surface area contributed by atoms with E-state index in [1.54, 1.807) is 0 Å². The lowest BCUT2D eigenvalue weighted by Crippen LogP contribution is -2.40. The second-order valence-corrected chi connectivity index (χ2v) is 9.17. The monoisotopic (exact) mass is 408 g/mol. The minimum atomic E-state index is 0.0749. The minimum absolute atomic E-state index is 0.0749. The van der Waals surface area contributed by atoms with Crippen LogP contribution in [0.5, 0.6) is 0 Å². The topological polar surface area (TPSA) is 78.0 Å². The molecule has 7 heteroatoms. The highest BCUT2D eigenvalue weighted by Crippen LogP contribution is 2.32. The molecule has 7 nitrogen and oxygen atoms in total. The number of nitrogens with zero attached hydrogens (tertiary/aromatic N) is 5. The van der Waals surface area contributed by atoms with Crippen molar-refractivity contribution in [2.24, 2.45) is 0 Å². The first-order valence-corrected chi connectivity index (χ1v) is 11.6. The maximum absolute atomic E-state index is 13.4. The lowest BCUT2D eigenvalue weighted by Gasteiger charge is -2.33. The van der Waals surface area contributed by atoms with Crippen LogP contribution < -0.4 is 4.90 Å². The summed E-state index contributed by atoms with van der Waals surface area (Å²) in [5.41, 5.74) is 5.36. The first-order valence-electron chi connectivity index (χ1n) is 11.6. The summed E-state index contributed by atoms with van der Waals surface area (Å²) in [4.78, 5) is 27.5. The molecule has 1 N–H and O–H groups in total. The second kappa shape index (κ2) is 8.00. The minimum Gasteiger partial charge on any atom is -0.359 e. The first kappa shape index (κ1) is 19.5. The molecule has 1 amide bonds. The summed E-state index contributed by atoms with van der Waals surface area (Å²) >= 11 is 0. The van der Waals surface area contributed by atoms with E-state index in [9.17, 15) is 4.79 Å². The normalized spacial score (nSPS) is 21.7. The Balaban J connectivity index is 1.38. The molecular weight excluding hydrogens is 376 g/mol. The van der Waals surface area contributed by atoms with E-state index in [1.807, 2.05) is 4.90 Å². The molecule has 1 fully saturated rings. The molecule has 1 atom stereocenters. The van der Waals surface area contributed by atoms with Crippen LogP contribution in [-0.4, -0.2) is 57.7 Å². The van der Waals surface area contributed by atoms with Gasteiger partial charge < -0.3 is 9.80 Å². The number of anilines is 1. The van der Waals surface area contributed by atoms with Crippen molar-refractivity contribution in [2.75, 3.05) is 31.6 Å². The zero-order chi connectivity index (χ0) is 20.7. The van der Waals surface area contributed by atoms with Crippen LogP contribution >= 0.6 is 0 Å². The summed E-state index contributed by atoms with van der Waals surface area (Å²) < 4.78 is 0. The zero-order valence-electron chi connectivity index (χ0n) is 18.2. The number of rotatable bonds is 2. The predicted molar refractivity (Wildman–Crippen MR) is 116 cm³/mol. The van der Waals surface area contributed by atoms with Gasteiger partial charge in [0.05, 0.1) is 0 Å². The Morgan fingerprint density at radius 3 is 2.73 bits per heavy atom. The van der Waals surface area contributed by atoms with Gasteiger partial charge in [-0.15, -0.1) is 0 Å². The second-order valence-electron chi connectivity index (χ2n) is 9.17. The average Bonchev–Trinajstić information content (AvgIpc) is 3.02. The van der Waals surface area contributed by atoms with Gasteiger partial charge >= 0.3 is 0 Å². The van der Waals surface area contributed by atoms with Crippen LogP contribution in [0.15, 0.2) is 0 Å². The van der Waals surface area contributed by atoms with Crippen molar-refractivity contribution in [3.63, 3.8) is 0 Å². The van der Waals surface area contributed by atoms with E-state index in [0.717, 1.165) is 80.9 Å². The smallest absolute Gasteiger partial charge is 0.274 e. The van der Waals surface area contributed by atoms with Gasteiger partial charge in [0.15, 0.2) is 5.69 Å². The number of nitrogens with one attached hydrogen (secondary N) is 1. The van der Waals surface area contributed by atoms with Crippen molar-refractivity contribution < 1.29 is 4.79 Å². The van der Waals surface area contributed by atoms with E-state index in [1.165, 1.54) is 24.1 Å². The van der Waals surface area contributed by atoms with E-state index in [-0.39, 0.29) is 11.8 Å². The van der Waals surface area contributed by atoms with E-state index >= 15 is 0 Å². The quantitative estimate of drug-likeness (QED) is 0.772. The molecule has 2 aromatic rings. The fraction of sp³-hybridized carbons (Fsp3) is 0.652. The summed E-state index contributed by atoms with van der Waals surface area (Å²) in [6.07, 6.45) is 9.76. The van der Waals surface area contributed by atoms with Crippen molar-refractivity contribution in [3.8, 4) is 0 Å². The fourth-order valence-corrected chi connectivity index (χ4v) is 5.35. The van der Waals surface area contributed by atoms with Crippen molar-refractivity contribution in [3.05, 3.63) is 34.0 Å². The summed E-state index contributed by atoms with van der Waals surface area (Å²) in [6, 6.07) is 0. The third-order valence-corrected chi connectivity index (χ3v) is 7.07. The average molecular weight is 409 g/mol. The van der Waals surface area contributed by atoms with Crippen LogP contribution in [0.25, 0.3) is 0 Å². The number of piperidine rings is 1. The molecule has 3 aliphatic rings. The van der Waals surface area contributed by atoms with E-state index in [2.05, 4.69) is 29.1 Å². The number of carbonyl (C=O) groups is 1. The van der Waals surface area contributed by atoms with Crippen LogP contribution in [0.3, 0.4) is 0 Å². The summed E-state index contributed by atoms with van der Waals surface area (Å²) in [5, 5.41) is 7.59. The zero-order valence-corrected chi connectivity index (χ0v) is 18.2. The summed E-state index contributed by atoms with van der Waals surface area (Å²) in [6.45, 7) is 4.62. The van der Waals surface area contributed by atoms with Gasteiger partial charge in [-0.05, 0) is 58.3 Å². The number of amides is 1. The Kier molecular flexibility index (Phi) is 5.21. The molecule has 0 radical (unpaired) electrons.